The van der Waals surface area contributed by atoms with Gasteiger partial charge in [0, 0.05) is 0 Å². The minimum atomic E-state index is 0.432. The molecule has 0 spiro atoms. The molecule has 0 radical (unpaired) electrons. The van der Waals surface area contributed by atoms with Crippen molar-refractivity contribution in [2.24, 2.45) is 38.9 Å². The molecule has 6 atom stereocenters. The van der Waals surface area contributed by atoms with Crippen LogP contribution in [0.4, 0.5) is 0 Å². The lowest BCUT2D eigenvalue weighted by molar-refractivity contribution is -0.172. The van der Waals surface area contributed by atoms with Crippen molar-refractivity contribution in [1.82, 2.24) is 0 Å². The fourth-order valence-electron chi connectivity index (χ4n) is 9.43. The summed E-state index contributed by atoms with van der Waals surface area (Å²) in [6.45, 7) is 20.4. The molecule has 0 aromatic rings. The molecule has 30 heavy (non-hydrogen) atoms. The van der Waals surface area contributed by atoms with E-state index in [1.165, 1.54) is 76.2 Å². The zero-order valence-electron chi connectivity index (χ0n) is 21.6. The Morgan fingerprint density at radius 2 is 1.67 bits per heavy atom. The van der Waals surface area contributed by atoms with E-state index in [1.807, 2.05) is 5.57 Å². The van der Waals surface area contributed by atoms with E-state index in [1.54, 1.807) is 0 Å². The molecule has 0 saturated heterocycles. The summed E-state index contributed by atoms with van der Waals surface area (Å²) in [5.74, 6) is 1.81. The first-order valence-electron chi connectivity index (χ1n) is 13.2. The summed E-state index contributed by atoms with van der Waals surface area (Å²) < 4.78 is 0. The normalized spacial score (nSPS) is 47.4. The molecule has 170 valence electrons. The fourth-order valence-corrected chi connectivity index (χ4v) is 9.43. The highest BCUT2D eigenvalue weighted by atomic mass is 14.7. The second-order valence-electron chi connectivity index (χ2n) is 14.0. The van der Waals surface area contributed by atoms with Crippen LogP contribution in [0.2, 0.25) is 0 Å². The third-order valence-corrected chi connectivity index (χ3v) is 11.5. The summed E-state index contributed by atoms with van der Waals surface area (Å²) in [6, 6.07) is 0. The second-order valence-corrected chi connectivity index (χ2v) is 14.0. The number of fused-ring (bicyclic) bond motifs is 5. The lowest BCUT2D eigenvalue weighted by Gasteiger charge is -2.69. The minimum absolute atomic E-state index is 0.432. The molecule has 4 rings (SSSR count). The zero-order chi connectivity index (χ0) is 22.0. The lowest BCUT2D eigenvalue weighted by atomic mass is 9.35. The Hall–Kier alpha value is -0.520. The first-order chi connectivity index (χ1) is 13.9. The Labute approximate surface area is 188 Å². The summed E-state index contributed by atoms with van der Waals surface area (Å²) in [7, 11) is 0. The number of allylic oxidation sites excluding steroid dienone is 4. The maximum absolute atomic E-state index is 2.78. The molecule has 0 nitrogen and oxygen atoms in total. The van der Waals surface area contributed by atoms with E-state index < -0.39 is 0 Å². The molecule has 4 aliphatic rings. The van der Waals surface area contributed by atoms with Gasteiger partial charge in [-0.2, -0.15) is 0 Å². The van der Waals surface area contributed by atoms with Crippen LogP contribution in [-0.2, 0) is 0 Å². The van der Waals surface area contributed by atoms with Crippen molar-refractivity contribution in [2.75, 3.05) is 0 Å². The van der Waals surface area contributed by atoms with Crippen LogP contribution in [0.5, 0.6) is 0 Å². The molecule has 0 heterocycles. The van der Waals surface area contributed by atoms with Gasteiger partial charge in [0.25, 0.3) is 0 Å². The summed E-state index contributed by atoms with van der Waals surface area (Å²) in [5, 5.41) is 0. The second kappa shape index (κ2) is 7.25. The van der Waals surface area contributed by atoms with Gasteiger partial charge < -0.3 is 0 Å². The summed E-state index contributed by atoms with van der Waals surface area (Å²) in [6.07, 6.45) is 20.7. The molecule has 0 bridgehead atoms. The molecular weight excluding hydrogens is 360 g/mol. The van der Waals surface area contributed by atoms with Crippen molar-refractivity contribution in [2.45, 2.75) is 126 Å². The maximum atomic E-state index is 2.78. The molecule has 0 unspecified atom stereocenters. The van der Waals surface area contributed by atoms with Crippen molar-refractivity contribution in [3.63, 3.8) is 0 Å². The van der Waals surface area contributed by atoms with Crippen LogP contribution in [0.1, 0.15) is 126 Å². The Balaban J connectivity index is 1.63. The highest BCUT2D eigenvalue weighted by Crippen LogP contribution is 2.73. The first kappa shape index (κ1) is 22.7. The molecule has 0 N–H and O–H groups in total. The van der Waals surface area contributed by atoms with Gasteiger partial charge in [-0.15, -0.1) is 0 Å². The van der Waals surface area contributed by atoms with E-state index in [9.17, 15) is 0 Å². The predicted molar refractivity (Wildman–Crippen MR) is 131 cm³/mol. The number of hydrogen-bond donors (Lipinski definition) is 0. The molecule has 0 amide bonds. The van der Waals surface area contributed by atoms with Crippen molar-refractivity contribution in [3.05, 3.63) is 23.3 Å². The molecule has 0 aliphatic heterocycles. The molecule has 0 aromatic heterocycles. The Morgan fingerprint density at radius 1 is 0.933 bits per heavy atom. The van der Waals surface area contributed by atoms with E-state index in [2.05, 4.69) is 67.5 Å². The van der Waals surface area contributed by atoms with Gasteiger partial charge in [0.2, 0.25) is 0 Å². The van der Waals surface area contributed by atoms with Gasteiger partial charge in [0.15, 0.2) is 0 Å². The fraction of sp³-hybridized carbons (Fsp3) is 0.867. The van der Waals surface area contributed by atoms with Crippen LogP contribution in [0, 0.1) is 38.9 Å². The minimum Gasteiger partial charge on any atom is -0.0859 e. The number of hydrogen-bond acceptors (Lipinski definition) is 0. The quantitative estimate of drug-likeness (QED) is 0.406. The van der Waals surface area contributed by atoms with Crippen molar-refractivity contribution >= 4 is 0 Å². The van der Waals surface area contributed by atoms with Gasteiger partial charge >= 0.3 is 0 Å². The van der Waals surface area contributed by atoms with Gasteiger partial charge in [-0.1, -0.05) is 71.3 Å². The van der Waals surface area contributed by atoms with Gasteiger partial charge in [0.05, 0.1) is 0 Å². The molecule has 4 aliphatic carbocycles. The summed E-state index contributed by atoms with van der Waals surface area (Å²) in [4.78, 5) is 0. The number of rotatable bonds is 3. The largest absolute Gasteiger partial charge is 0.0859 e. The summed E-state index contributed by atoms with van der Waals surface area (Å²) in [5.41, 5.74) is 5.85. The molecule has 0 aromatic carbocycles. The topological polar surface area (TPSA) is 0 Å². The van der Waals surface area contributed by atoms with Gasteiger partial charge in [0.1, 0.15) is 0 Å². The predicted octanol–water partition coefficient (Wildman–Crippen LogP) is 9.51. The van der Waals surface area contributed by atoms with Crippen molar-refractivity contribution in [1.29, 1.82) is 0 Å². The Kier molecular flexibility index (Phi) is 5.47. The van der Waals surface area contributed by atoms with Crippen LogP contribution in [-0.4, -0.2) is 0 Å². The van der Waals surface area contributed by atoms with Crippen LogP contribution in [0.15, 0.2) is 23.3 Å². The lowest BCUT2D eigenvalue weighted by Crippen LogP contribution is -2.61. The Bertz CT molecular complexity index is 733. The molecule has 3 saturated carbocycles. The standard InChI is InChI=1S/C30H50/c1-22(2)11-9-16-27(5)19-20-29(7)23(21-27)12-13-25-28(6)17-10-15-26(3,4)24(28)14-18-30(25,29)8/h11-12,24-25H,9-10,13-21H2,1-8H3/t24-,25+,27+,28-,29+,30+/m0/s1. The average molecular weight is 411 g/mol. The molecule has 0 heteroatoms. The Morgan fingerprint density at radius 3 is 2.37 bits per heavy atom. The van der Waals surface area contributed by atoms with Crippen LogP contribution in [0.25, 0.3) is 0 Å². The third kappa shape index (κ3) is 3.29. The van der Waals surface area contributed by atoms with E-state index in [-0.39, 0.29) is 0 Å². The van der Waals surface area contributed by atoms with Crippen molar-refractivity contribution < 1.29 is 0 Å². The van der Waals surface area contributed by atoms with Gasteiger partial charge in [-0.05, 0) is 117 Å². The highest BCUT2D eigenvalue weighted by Gasteiger charge is 2.65. The van der Waals surface area contributed by atoms with Gasteiger partial charge in [-0.3, -0.25) is 0 Å². The average Bonchev–Trinajstić information content (AvgIpc) is 2.62. The van der Waals surface area contributed by atoms with Crippen LogP contribution in [0.3, 0.4) is 0 Å². The third-order valence-electron chi connectivity index (χ3n) is 11.5. The van der Waals surface area contributed by atoms with E-state index in [0.717, 1.165) is 11.8 Å². The van der Waals surface area contributed by atoms with Crippen LogP contribution < -0.4 is 0 Å². The first-order valence-corrected chi connectivity index (χ1v) is 13.2. The van der Waals surface area contributed by atoms with Crippen LogP contribution >= 0.6 is 0 Å². The van der Waals surface area contributed by atoms with E-state index in [4.69, 9.17) is 0 Å². The van der Waals surface area contributed by atoms with Gasteiger partial charge in [-0.25, -0.2) is 0 Å². The maximum Gasteiger partial charge on any atom is -0.00593 e. The van der Waals surface area contributed by atoms with Crippen molar-refractivity contribution in [3.8, 4) is 0 Å². The smallest absolute Gasteiger partial charge is 0.00593 e. The monoisotopic (exact) mass is 410 g/mol. The SMILES string of the molecule is CC(C)=CCC[C@]1(C)CC[C@]2(C)C(=CC[C@@H]3[C@@]4(C)CCCC(C)(C)[C@@H]4CC[C@]32C)C1. The zero-order valence-corrected chi connectivity index (χ0v) is 21.6. The molecule has 3 fully saturated rings. The molecular formula is C30H50. The summed E-state index contributed by atoms with van der Waals surface area (Å²) >= 11 is 0. The van der Waals surface area contributed by atoms with E-state index >= 15 is 0 Å². The highest BCUT2D eigenvalue weighted by molar-refractivity contribution is 5.30. The van der Waals surface area contributed by atoms with E-state index in [0.29, 0.717) is 27.1 Å².